The van der Waals surface area contributed by atoms with Gasteiger partial charge in [-0.1, -0.05) is 165 Å². The van der Waals surface area contributed by atoms with E-state index >= 15 is 0 Å². The Morgan fingerprint density at radius 3 is 1.71 bits per heavy atom. The SMILES string of the molecule is CCCCCCCOc1ccc(N=Nc2ccc3c(c2)C(=C2CCCc4ccc(C(=O)OC5CC(C)CCC5C(C)(C)c5ccc6ccccc6c5)cc42)c2cc(N=Nc4ccc(OCCCCCCC)cc4)ccc2C=C3)cc1. The van der Waals surface area contributed by atoms with Gasteiger partial charge in [0.25, 0.3) is 0 Å². The smallest absolute Gasteiger partial charge is 0.338 e. The van der Waals surface area contributed by atoms with E-state index in [1.165, 1.54) is 78.8 Å². The summed E-state index contributed by atoms with van der Waals surface area (Å²) in [6.45, 7) is 12.9. The van der Waals surface area contributed by atoms with E-state index in [1.54, 1.807) is 0 Å². The number of esters is 1. The van der Waals surface area contributed by atoms with Gasteiger partial charge in [-0.3, -0.25) is 0 Å². The molecule has 0 aromatic heterocycles. The Balaban J connectivity index is 0.971. The number of hydrogen-bond donors (Lipinski definition) is 0. The van der Waals surface area contributed by atoms with Crippen LogP contribution in [0.15, 0.2) is 166 Å². The first-order valence-electron chi connectivity index (χ1n) is 30.0. The number of unbranched alkanes of at least 4 members (excludes halogenated alkanes) is 8. The number of hydrogen-bond acceptors (Lipinski definition) is 8. The maximum absolute atomic E-state index is 14.8. The van der Waals surface area contributed by atoms with Crippen LogP contribution in [0.5, 0.6) is 11.5 Å². The summed E-state index contributed by atoms with van der Waals surface area (Å²) in [4.78, 5) is 14.8. The van der Waals surface area contributed by atoms with Gasteiger partial charge in [-0.05, 0) is 202 Å². The molecule has 0 spiro atoms. The lowest BCUT2D eigenvalue weighted by Crippen LogP contribution is -2.43. The van der Waals surface area contributed by atoms with Crippen LogP contribution in [0.4, 0.5) is 22.7 Å². The summed E-state index contributed by atoms with van der Waals surface area (Å²) in [5.41, 5.74) is 13.4. The minimum absolute atomic E-state index is 0.162. The van der Waals surface area contributed by atoms with Crippen LogP contribution >= 0.6 is 0 Å². The second-order valence-corrected chi connectivity index (χ2v) is 23.1. The quantitative estimate of drug-likeness (QED) is 0.0384. The van der Waals surface area contributed by atoms with Crippen LogP contribution in [0.1, 0.15) is 180 Å². The first-order chi connectivity index (χ1) is 39.1. The zero-order valence-electron chi connectivity index (χ0n) is 47.9. The van der Waals surface area contributed by atoms with Gasteiger partial charge in [0.15, 0.2) is 0 Å². The molecule has 0 heterocycles. The summed E-state index contributed by atoms with van der Waals surface area (Å²) in [6.07, 6.45) is 21.8. The predicted molar refractivity (Wildman–Crippen MR) is 330 cm³/mol. The van der Waals surface area contributed by atoms with Gasteiger partial charge in [0.1, 0.15) is 17.6 Å². The monoisotopic (exact) mass is 1060 g/mol. The van der Waals surface area contributed by atoms with E-state index in [0.717, 1.165) is 119 Å². The van der Waals surface area contributed by atoms with Gasteiger partial charge in [0.05, 0.1) is 41.5 Å². The molecule has 8 heteroatoms. The van der Waals surface area contributed by atoms with Crippen LogP contribution in [-0.4, -0.2) is 25.3 Å². The number of rotatable bonds is 22. The normalized spacial score (nSPS) is 17.1. The molecular weight excluding hydrogens is 985 g/mol. The fraction of sp³-hybridized carbons (Fsp3) is 0.375. The van der Waals surface area contributed by atoms with Gasteiger partial charge in [-0.2, -0.15) is 20.5 Å². The number of aryl methyl sites for hydroxylation is 1. The highest BCUT2D eigenvalue weighted by atomic mass is 16.5. The zero-order valence-corrected chi connectivity index (χ0v) is 47.9. The molecule has 8 nitrogen and oxygen atoms in total. The molecule has 80 heavy (non-hydrogen) atoms. The third-order valence-electron chi connectivity index (χ3n) is 16.9. The van der Waals surface area contributed by atoms with Crippen LogP contribution < -0.4 is 9.47 Å². The van der Waals surface area contributed by atoms with E-state index in [1.807, 2.05) is 66.7 Å². The molecule has 3 aliphatic carbocycles. The molecule has 0 amide bonds. The van der Waals surface area contributed by atoms with Gasteiger partial charge >= 0.3 is 5.97 Å². The molecule has 3 atom stereocenters. The third-order valence-corrected chi connectivity index (χ3v) is 16.9. The Labute approximate surface area is 475 Å². The lowest BCUT2D eigenvalue weighted by molar-refractivity contribution is -0.0236. The van der Waals surface area contributed by atoms with Crippen molar-refractivity contribution in [2.45, 2.75) is 149 Å². The first kappa shape index (κ1) is 55.8. The highest BCUT2D eigenvalue weighted by Crippen LogP contribution is 2.48. The molecule has 0 N–H and O–H groups in total. The third kappa shape index (κ3) is 13.7. The summed E-state index contributed by atoms with van der Waals surface area (Å²) < 4.78 is 18.9. The Morgan fingerprint density at radius 2 is 1.11 bits per heavy atom. The number of fused-ring (bicyclic) bond motifs is 4. The van der Waals surface area contributed by atoms with E-state index in [2.05, 4.69) is 126 Å². The number of carbonyl (C=O) groups is 1. The Morgan fingerprint density at radius 1 is 0.550 bits per heavy atom. The molecule has 3 aliphatic rings. The van der Waals surface area contributed by atoms with E-state index < -0.39 is 0 Å². The summed E-state index contributed by atoms with van der Waals surface area (Å²) in [5, 5.41) is 21.6. The highest BCUT2D eigenvalue weighted by Gasteiger charge is 2.42. The molecule has 1 saturated carbocycles. The first-order valence-corrected chi connectivity index (χ1v) is 30.0. The minimum Gasteiger partial charge on any atom is -0.494 e. The highest BCUT2D eigenvalue weighted by molar-refractivity contribution is 6.06. The van der Waals surface area contributed by atoms with Crippen molar-refractivity contribution in [2.24, 2.45) is 32.3 Å². The molecule has 0 aliphatic heterocycles. The van der Waals surface area contributed by atoms with Gasteiger partial charge < -0.3 is 14.2 Å². The zero-order chi connectivity index (χ0) is 55.3. The van der Waals surface area contributed by atoms with Crippen molar-refractivity contribution in [1.29, 1.82) is 0 Å². The van der Waals surface area contributed by atoms with Gasteiger partial charge in [-0.15, -0.1) is 0 Å². The van der Waals surface area contributed by atoms with Crippen molar-refractivity contribution < 1.29 is 19.0 Å². The van der Waals surface area contributed by atoms with Gasteiger partial charge in [0.2, 0.25) is 0 Å². The van der Waals surface area contributed by atoms with Crippen LogP contribution in [0.25, 0.3) is 34.1 Å². The average Bonchev–Trinajstić information content (AvgIpc) is 3.69. The Kier molecular flexibility index (Phi) is 18.6. The number of allylic oxidation sites excluding steroid dienone is 1. The van der Waals surface area contributed by atoms with Crippen molar-refractivity contribution in [3.63, 3.8) is 0 Å². The van der Waals surface area contributed by atoms with Crippen molar-refractivity contribution in [3.8, 4) is 11.5 Å². The molecule has 0 radical (unpaired) electrons. The van der Waals surface area contributed by atoms with Crippen LogP contribution in [0.3, 0.4) is 0 Å². The standard InChI is InChI=1S/C72H80N4O4/c1-6-8-10-12-16-43-78-62-38-34-58(35-39-62)73-75-60-32-29-53-24-25-54-30-33-61(76-74-59-36-40-63(41-37-59)79-44-17-13-11-9-7-2)49-67(54)70(66(53)48-60)64-22-18-21-52-26-27-56(47-65(52)64)71(77)80-69-45-50(3)23-42-68(69)72(4,5)57-31-28-51-19-14-15-20-55(51)46-57/h14-15,19-20,24-41,46-50,68-69H,6-13,16-18,21-23,42-45H2,1-5H3. The molecule has 1 fully saturated rings. The fourth-order valence-corrected chi connectivity index (χ4v) is 12.2. The number of nitrogens with zero attached hydrogens (tertiary/aromatic N) is 4. The summed E-state index contributed by atoms with van der Waals surface area (Å²) in [6, 6.07) is 50.1. The molecule has 412 valence electrons. The van der Waals surface area contributed by atoms with Gasteiger partial charge in [0, 0.05) is 5.92 Å². The van der Waals surface area contributed by atoms with Crippen molar-refractivity contribution in [1.82, 2.24) is 0 Å². The Bertz CT molecular complexity index is 3240. The molecular formula is C72H80N4O4. The average molecular weight is 1070 g/mol. The van der Waals surface area contributed by atoms with E-state index in [4.69, 9.17) is 34.7 Å². The molecule has 0 bridgehead atoms. The predicted octanol–water partition coefficient (Wildman–Crippen LogP) is 21.1. The van der Waals surface area contributed by atoms with Crippen LogP contribution in [0, 0.1) is 11.8 Å². The summed E-state index contributed by atoms with van der Waals surface area (Å²) in [5.74, 6) is 2.04. The number of azo groups is 2. The molecule has 3 unspecified atom stereocenters. The minimum atomic E-state index is -0.265. The Hall–Kier alpha value is -7.45. The van der Waals surface area contributed by atoms with Gasteiger partial charge in [-0.25, -0.2) is 4.79 Å². The second-order valence-electron chi connectivity index (χ2n) is 23.1. The molecule has 0 saturated heterocycles. The van der Waals surface area contributed by atoms with Crippen molar-refractivity contribution >= 4 is 62.8 Å². The summed E-state index contributed by atoms with van der Waals surface area (Å²) in [7, 11) is 0. The molecule has 7 aromatic rings. The molecule has 10 rings (SSSR count). The molecule has 7 aromatic carbocycles. The van der Waals surface area contributed by atoms with Crippen LogP contribution in [-0.2, 0) is 16.6 Å². The lowest BCUT2D eigenvalue weighted by Gasteiger charge is -2.44. The topological polar surface area (TPSA) is 94.2 Å². The maximum atomic E-state index is 14.8. The maximum Gasteiger partial charge on any atom is 0.338 e. The van der Waals surface area contributed by atoms with Crippen LogP contribution in [0.2, 0.25) is 0 Å². The number of carbonyl (C=O) groups excluding carboxylic acids is 1. The van der Waals surface area contributed by atoms with Crippen molar-refractivity contribution in [2.75, 3.05) is 13.2 Å². The lowest BCUT2D eigenvalue weighted by atomic mass is 9.64. The number of benzene rings is 7. The van der Waals surface area contributed by atoms with Crippen molar-refractivity contribution in [3.05, 3.63) is 190 Å². The van der Waals surface area contributed by atoms with E-state index in [9.17, 15) is 4.79 Å². The van der Waals surface area contributed by atoms with E-state index in [-0.39, 0.29) is 23.4 Å². The summed E-state index contributed by atoms with van der Waals surface area (Å²) >= 11 is 0. The fourth-order valence-electron chi connectivity index (χ4n) is 12.2. The van der Waals surface area contributed by atoms with E-state index in [0.29, 0.717) is 24.7 Å². The largest absolute Gasteiger partial charge is 0.494 e. The second kappa shape index (κ2) is 26.7. The number of ether oxygens (including phenoxy) is 3.